The summed E-state index contributed by atoms with van der Waals surface area (Å²) in [7, 11) is 0. The van der Waals surface area contributed by atoms with E-state index in [0.717, 1.165) is 31.6 Å². The first kappa shape index (κ1) is 17.9. The zero-order chi connectivity index (χ0) is 17.9. The van der Waals surface area contributed by atoms with Gasteiger partial charge in [0.25, 0.3) is 0 Å². The predicted molar refractivity (Wildman–Crippen MR) is 108 cm³/mol. The van der Waals surface area contributed by atoms with Gasteiger partial charge in [-0.25, -0.2) is 0 Å². The molecule has 2 heteroatoms. The van der Waals surface area contributed by atoms with Gasteiger partial charge in [-0.2, -0.15) is 0 Å². The van der Waals surface area contributed by atoms with Gasteiger partial charge in [0.1, 0.15) is 5.75 Å². The van der Waals surface area contributed by atoms with Crippen molar-refractivity contribution in [2.24, 2.45) is 0 Å². The molecule has 0 N–H and O–H groups in total. The Hall–Kier alpha value is -2.87. The summed E-state index contributed by atoms with van der Waals surface area (Å²) >= 11 is 0. The third-order valence-corrected chi connectivity index (χ3v) is 4.27. The number of allylic oxidation sites excluding steroid dienone is 1. The smallest absolute Gasteiger partial charge is 0.119 e. The molecule has 0 aliphatic carbocycles. The van der Waals surface area contributed by atoms with Gasteiger partial charge in [0.15, 0.2) is 0 Å². The van der Waals surface area contributed by atoms with Crippen LogP contribution >= 0.6 is 0 Å². The molecule has 0 atom stereocenters. The van der Waals surface area contributed by atoms with E-state index in [1.54, 1.807) is 0 Å². The van der Waals surface area contributed by atoms with Crippen LogP contribution in [0.25, 0.3) is 5.57 Å². The molecule has 0 saturated carbocycles. The molecular weight excluding hydrogens is 318 g/mol. The maximum Gasteiger partial charge on any atom is 0.119 e. The van der Waals surface area contributed by atoms with E-state index >= 15 is 0 Å². The minimum atomic E-state index is 0.780. The quantitative estimate of drug-likeness (QED) is 0.435. The number of unbranched alkanes of at least 4 members (excludes halogenated alkanes) is 3. The minimum absolute atomic E-state index is 0.780. The first-order valence-electron chi connectivity index (χ1n) is 9.27. The minimum Gasteiger partial charge on any atom is -0.494 e. The second kappa shape index (κ2) is 10.2. The molecule has 0 saturated heterocycles. The van der Waals surface area contributed by atoms with Gasteiger partial charge in [0.2, 0.25) is 0 Å². The Bertz CT molecular complexity index is 741. The Kier molecular flexibility index (Phi) is 7.03. The standard InChI is InChI=1S/C24H25NO/c1(2-10-19-26-23-15-7-4-8-16-23)9-17-24(21-12-5-3-6-13-21)22-14-11-18-25-20-22/h3-8,11-18,20H,1-2,9-10,19H2/b24-17+. The summed E-state index contributed by atoms with van der Waals surface area (Å²) < 4.78 is 5.75. The zero-order valence-electron chi connectivity index (χ0n) is 15.1. The number of para-hydroxylation sites is 1. The highest BCUT2D eigenvalue weighted by Gasteiger charge is 2.04. The van der Waals surface area contributed by atoms with Gasteiger partial charge in [0, 0.05) is 18.0 Å². The molecule has 0 spiro atoms. The van der Waals surface area contributed by atoms with Crippen LogP contribution < -0.4 is 4.74 Å². The van der Waals surface area contributed by atoms with Crippen molar-refractivity contribution in [3.63, 3.8) is 0 Å². The van der Waals surface area contributed by atoms with Crippen molar-refractivity contribution in [3.8, 4) is 5.75 Å². The maximum absolute atomic E-state index is 5.75. The maximum atomic E-state index is 5.75. The van der Waals surface area contributed by atoms with Crippen LogP contribution in [0.5, 0.6) is 5.75 Å². The van der Waals surface area contributed by atoms with Crippen molar-refractivity contribution in [2.75, 3.05) is 6.61 Å². The monoisotopic (exact) mass is 343 g/mol. The van der Waals surface area contributed by atoms with Crippen LogP contribution in [-0.2, 0) is 0 Å². The van der Waals surface area contributed by atoms with Crippen LogP contribution in [0.1, 0.15) is 36.8 Å². The lowest BCUT2D eigenvalue weighted by Gasteiger charge is -2.09. The molecule has 0 bridgehead atoms. The topological polar surface area (TPSA) is 22.1 Å². The van der Waals surface area contributed by atoms with E-state index in [1.807, 2.05) is 48.8 Å². The molecule has 0 aliphatic heterocycles. The van der Waals surface area contributed by atoms with E-state index in [-0.39, 0.29) is 0 Å². The lowest BCUT2D eigenvalue weighted by molar-refractivity contribution is 0.305. The molecule has 2 aromatic carbocycles. The van der Waals surface area contributed by atoms with Crippen molar-refractivity contribution < 1.29 is 4.74 Å². The molecule has 0 fully saturated rings. The summed E-state index contributed by atoms with van der Waals surface area (Å²) in [5, 5.41) is 0. The van der Waals surface area contributed by atoms with Crippen LogP contribution in [0.2, 0.25) is 0 Å². The van der Waals surface area contributed by atoms with Gasteiger partial charge < -0.3 is 4.74 Å². The number of hydrogen-bond donors (Lipinski definition) is 0. The first-order valence-corrected chi connectivity index (χ1v) is 9.27. The lowest BCUT2D eigenvalue weighted by Crippen LogP contribution is -1.96. The number of ether oxygens (including phenoxy) is 1. The van der Waals surface area contributed by atoms with Gasteiger partial charge in [-0.3, -0.25) is 4.98 Å². The summed E-state index contributed by atoms with van der Waals surface area (Å²) in [6, 6.07) is 24.7. The van der Waals surface area contributed by atoms with Crippen LogP contribution in [0.4, 0.5) is 0 Å². The molecular formula is C24H25NO. The van der Waals surface area contributed by atoms with Crippen molar-refractivity contribution in [3.05, 3.63) is 102 Å². The Labute approximate surface area is 156 Å². The number of pyridine rings is 1. The van der Waals surface area contributed by atoms with Gasteiger partial charge in [-0.05, 0) is 55.0 Å². The van der Waals surface area contributed by atoms with E-state index in [9.17, 15) is 0 Å². The fraction of sp³-hybridized carbons (Fsp3) is 0.208. The van der Waals surface area contributed by atoms with E-state index in [2.05, 4.69) is 47.5 Å². The third kappa shape index (κ3) is 5.59. The van der Waals surface area contributed by atoms with E-state index in [1.165, 1.54) is 23.1 Å². The Balaban J connectivity index is 1.49. The normalized spacial score (nSPS) is 11.3. The molecule has 132 valence electrons. The Morgan fingerprint density at radius 1 is 0.769 bits per heavy atom. The summed E-state index contributed by atoms with van der Waals surface area (Å²) in [6.45, 7) is 0.780. The molecule has 0 amide bonds. The average molecular weight is 343 g/mol. The van der Waals surface area contributed by atoms with E-state index in [4.69, 9.17) is 4.74 Å². The molecule has 1 heterocycles. The second-order valence-corrected chi connectivity index (χ2v) is 6.24. The van der Waals surface area contributed by atoms with E-state index < -0.39 is 0 Å². The Morgan fingerprint density at radius 2 is 1.50 bits per heavy atom. The summed E-state index contributed by atoms with van der Waals surface area (Å²) in [5.41, 5.74) is 3.68. The highest BCUT2D eigenvalue weighted by atomic mass is 16.5. The number of benzene rings is 2. The Morgan fingerprint density at radius 3 is 2.23 bits per heavy atom. The molecule has 3 aromatic rings. The van der Waals surface area contributed by atoms with Gasteiger partial charge in [-0.15, -0.1) is 0 Å². The number of hydrogen-bond acceptors (Lipinski definition) is 2. The van der Waals surface area contributed by atoms with Gasteiger partial charge in [0.05, 0.1) is 6.61 Å². The first-order chi connectivity index (χ1) is 12.9. The fourth-order valence-electron chi connectivity index (χ4n) is 2.92. The van der Waals surface area contributed by atoms with Crippen LogP contribution in [0, 0.1) is 0 Å². The zero-order valence-corrected chi connectivity index (χ0v) is 15.1. The molecule has 0 radical (unpaired) electrons. The lowest BCUT2D eigenvalue weighted by atomic mass is 9.97. The number of aromatic nitrogens is 1. The van der Waals surface area contributed by atoms with Crippen molar-refractivity contribution in [2.45, 2.75) is 25.7 Å². The van der Waals surface area contributed by atoms with Gasteiger partial charge in [-0.1, -0.05) is 60.7 Å². The fourth-order valence-corrected chi connectivity index (χ4v) is 2.92. The molecule has 3 rings (SSSR count). The summed E-state index contributed by atoms with van der Waals surface area (Å²) in [6.07, 6.45) is 10.6. The second-order valence-electron chi connectivity index (χ2n) is 6.24. The molecule has 2 nitrogen and oxygen atoms in total. The largest absolute Gasteiger partial charge is 0.494 e. The predicted octanol–water partition coefficient (Wildman–Crippen LogP) is 6.15. The van der Waals surface area contributed by atoms with Crippen LogP contribution in [0.3, 0.4) is 0 Å². The molecule has 1 aromatic heterocycles. The van der Waals surface area contributed by atoms with Crippen LogP contribution in [0.15, 0.2) is 91.3 Å². The van der Waals surface area contributed by atoms with Gasteiger partial charge >= 0.3 is 0 Å². The van der Waals surface area contributed by atoms with E-state index in [0.29, 0.717) is 0 Å². The number of nitrogens with zero attached hydrogens (tertiary/aromatic N) is 1. The summed E-state index contributed by atoms with van der Waals surface area (Å²) in [5.74, 6) is 0.954. The van der Waals surface area contributed by atoms with Crippen LogP contribution in [-0.4, -0.2) is 11.6 Å². The SMILES string of the molecule is C(/CCCCCOc1ccccc1)=C(/c1ccccc1)c1cccnc1. The van der Waals surface area contributed by atoms with Crippen molar-refractivity contribution in [1.82, 2.24) is 4.98 Å². The summed E-state index contributed by atoms with van der Waals surface area (Å²) in [4.78, 5) is 4.27. The highest BCUT2D eigenvalue weighted by molar-refractivity contribution is 5.79. The average Bonchev–Trinajstić information content (AvgIpc) is 2.72. The van der Waals surface area contributed by atoms with Crippen molar-refractivity contribution >= 4 is 5.57 Å². The third-order valence-electron chi connectivity index (χ3n) is 4.27. The molecule has 26 heavy (non-hydrogen) atoms. The molecule has 0 unspecified atom stereocenters. The molecule has 0 aliphatic rings. The van der Waals surface area contributed by atoms with Crippen molar-refractivity contribution in [1.29, 1.82) is 0 Å². The highest BCUT2D eigenvalue weighted by Crippen LogP contribution is 2.23. The number of rotatable bonds is 9.